The van der Waals surface area contributed by atoms with Crippen molar-refractivity contribution in [1.29, 1.82) is 0 Å². The Morgan fingerprint density at radius 1 is 1.42 bits per heavy atom. The molecule has 5 heteroatoms. The number of anilines is 1. The summed E-state index contributed by atoms with van der Waals surface area (Å²) in [7, 11) is 0. The Labute approximate surface area is 122 Å². The Balaban J connectivity index is 2.11. The largest absolute Gasteiger partial charge is 0.329 e. The van der Waals surface area contributed by atoms with E-state index in [9.17, 15) is 4.79 Å². The van der Waals surface area contributed by atoms with Crippen LogP contribution in [0.25, 0.3) is 0 Å². The van der Waals surface area contributed by atoms with E-state index in [1.165, 1.54) is 0 Å². The zero-order valence-electron chi connectivity index (χ0n) is 11.4. The summed E-state index contributed by atoms with van der Waals surface area (Å²) in [4.78, 5) is 16.3. The number of nitrogens with two attached hydrogens (primary N) is 1. The fraction of sp³-hybridized carbons (Fsp3) is 0.500. The maximum atomic E-state index is 12.3. The van der Waals surface area contributed by atoms with E-state index in [1.54, 1.807) is 0 Å². The molecule has 2 N–H and O–H groups in total. The molecule has 1 fully saturated rings. The molecule has 104 valence electrons. The Kier molecular flexibility index (Phi) is 4.60. The summed E-state index contributed by atoms with van der Waals surface area (Å²) in [6.45, 7) is 6.74. The van der Waals surface area contributed by atoms with E-state index in [2.05, 4.69) is 27.8 Å². The van der Waals surface area contributed by atoms with Gasteiger partial charge in [-0.25, -0.2) is 0 Å². The highest BCUT2D eigenvalue weighted by Crippen LogP contribution is 2.24. The summed E-state index contributed by atoms with van der Waals surface area (Å²) in [6.07, 6.45) is 0. The molecule has 4 nitrogen and oxygen atoms in total. The lowest BCUT2D eigenvalue weighted by Crippen LogP contribution is -2.54. The predicted octanol–water partition coefficient (Wildman–Crippen LogP) is 1.75. The molecule has 1 aliphatic heterocycles. The number of carbonyl (C=O) groups excluding carboxylic acids is 1. The minimum atomic E-state index is 0.147. The van der Waals surface area contributed by atoms with Crippen molar-refractivity contribution < 1.29 is 4.79 Å². The first-order valence-electron chi connectivity index (χ1n) is 6.53. The van der Waals surface area contributed by atoms with Crippen molar-refractivity contribution in [3.63, 3.8) is 0 Å². The fourth-order valence-electron chi connectivity index (χ4n) is 2.29. The Bertz CT molecular complexity index is 478. The summed E-state index contributed by atoms with van der Waals surface area (Å²) >= 11 is 3.48. The first-order valence-corrected chi connectivity index (χ1v) is 7.33. The van der Waals surface area contributed by atoms with Crippen molar-refractivity contribution in [2.75, 3.05) is 31.1 Å². The van der Waals surface area contributed by atoms with E-state index in [0.717, 1.165) is 28.8 Å². The molecular weight excluding hydrogens is 306 g/mol. The van der Waals surface area contributed by atoms with Gasteiger partial charge in [-0.3, -0.25) is 9.69 Å². The summed E-state index contributed by atoms with van der Waals surface area (Å²) < 4.78 is 1.07. The normalized spacial score (nSPS) is 18.7. The first-order chi connectivity index (χ1) is 9.02. The van der Waals surface area contributed by atoms with Crippen molar-refractivity contribution in [3.05, 3.63) is 28.2 Å². The van der Waals surface area contributed by atoms with Gasteiger partial charge >= 0.3 is 0 Å². The van der Waals surface area contributed by atoms with Gasteiger partial charge in [0.1, 0.15) is 0 Å². The SMILES string of the molecule is Cc1cc(N2CCN(C(C)CN)CC2=O)ccc1Br. The van der Waals surface area contributed by atoms with Crippen molar-refractivity contribution in [3.8, 4) is 0 Å². The fourth-order valence-corrected chi connectivity index (χ4v) is 2.53. The van der Waals surface area contributed by atoms with Crippen LogP contribution in [0.4, 0.5) is 5.69 Å². The third-order valence-corrected chi connectivity index (χ3v) is 4.56. The molecule has 2 rings (SSSR count). The number of amides is 1. The monoisotopic (exact) mass is 325 g/mol. The van der Waals surface area contributed by atoms with Crippen LogP contribution in [0.15, 0.2) is 22.7 Å². The van der Waals surface area contributed by atoms with Gasteiger partial charge in [0.2, 0.25) is 5.91 Å². The molecule has 1 heterocycles. The summed E-state index contributed by atoms with van der Waals surface area (Å²) in [5, 5.41) is 0. The molecule has 0 bridgehead atoms. The Morgan fingerprint density at radius 3 is 2.74 bits per heavy atom. The second kappa shape index (κ2) is 6.03. The molecule has 1 saturated heterocycles. The second-order valence-corrected chi connectivity index (χ2v) is 5.89. The molecule has 1 aromatic rings. The highest BCUT2D eigenvalue weighted by atomic mass is 79.9. The molecule has 0 radical (unpaired) electrons. The van der Waals surface area contributed by atoms with E-state index in [4.69, 9.17) is 5.73 Å². The van der Waals surface area contributed by atoms with Gasteiger partial charge < -0.3 is 10.6 Å². The smallest absolute Gasteiger partial charge is 0.241 e. The van der Waals surface area contributed by atoms with Gasteiger partial charge in [-0.1, -0.05) is 15.9 Å². The molecule has 0 aromatic heterocycles. The molecular formula is C14H20BrN3O. The Morgan fingerprint density at radius 2 is 2.16 bits per heavy atom. The average molecular weight is 326 g/mol. The van der Waals surface area contributed by atoms with E-state index < -0.39 is 0 Å². The zero-order valence-corrected chi connectivity index (χ0v) is 13.0. The molecule has 0 aliphatic carbocycles. The van der Waals surface area contributed by atoms with Crippen LogP contribution in [0.1, 0.15) is 12.5 Å². The number of halogens is 1. The molecule has 1 unspecified atom stereocenters. The lowest BCUT2D eigenvalue weighted by molar-refractivity contribution is -0.121. The van der Waals surface area contributed by atoms with E-state index >= 15 is 0 Å². The zero-order chi connectivity index (χ0) is 14.0. The van der Waals surface area contributed by atoms with Crippen LogP contribution in [-0.4, -0.2) is 43.0 Å². The summed E-state index contributed by atoms with van der Waals surface area (Å²) in [5.41, 5.74) is 7.78. The van der Waals surface area contributed by atoms with Gasteiger partial charge in [0.25, 0.3) is 0 Å². The molecule has 1 amide bonds. The van der Waals surface area contributed by atoms with Crippen molar-refractivity contribution in [2.24, 2.45) is 5.73 Å². The van der Waals surface area contributed by atoms with Crippen molar-refractivity contribution in [2.45, 2.75) is 19.9 Å². The summed E-state index contributed by atoms with van der Waals surface area (Å²) in [6, 6.07) is 6.28. The van der Waals surface area contributed by atoms with Crippen LogP contribution in [-0.2, 0) is 4.79 Å². The van der Waals surface area contributed by atoms with Crippen LogP contribution in [0.3, 0.4) is 0 Å². The van der Waals surface area contributed by atoms with Crippen molar-refractivity contribution >= 4 is 27.5 Å². The minimum Gasteiger partial charge on any atom is -0.329 e. The van der Waals surface area contributed by atoms with Gasteiger partial charge in [-0.2, -0.15) is 0 Å². The first kappa shape index (κ1) is 14.5. The number of aryl methyl sites for hydroxylation is 1. The maximum Gasteiger partial charge on any atom is 0.241 e. The second-order valence-electron chi connectivity index (χ2n) is 5.03. The molecule has 1 aromatic carbocycles. The molecule has 19 heavy (non-hydrogen) atoms. The van der Waals surface area contributed by atoms with Crippen LogP contribution in [0.5, 0.6) is 0 Å². The third-order valence-electron chi connectivity index (χ3n) is 3.67. The number of hydrogen-bond acceptors (Lipinski definition) is 3. The lowest BCUT2D eigenvalue weighted by Gasteiger charge is -2.37. The lowest BCUT2D eigenvalue weighted by atomic mass is 10.1. The van der Waals surface area contributed by atoms with Crippen LogP contribution in [0.2, 0.25) is 0 Å². The van der Waals surface area contributed by atoms with Crippen LogP contribution < -0.4 is 10.6 Å². The van der Waals surface area contributed by atoms with E-state index in [1.807, 2.05) is 30.0 Å². The minimum absolute atomic E-state index is 0.147. The van der Waals surface area contributed by atoms with Crippen molar-refractivity contribution in [1.82, 2.24) is 4.90 Å². The summed E-state index contributed by atoms with van der Waals surface area (Å²) in [5.74, 6) is 0.147. The number of piperazine rings is 1. The number of carbonyl (C=O) groups is 1. The van der Waals surface area contributed by atoms with Gasteiger partial charge in [0.05, 0.1) is 6.54 Å². The standard InChI is InChI=1S/C14H20BrN3O/c1-10-7-12(3-4-13(10)15)18-6-5-17(9-14(18)19)11(2)8-16/h3-4,7,11H,5-6,8-9,16H2,1-2H3. The quantitative estimate of drug-likeness (QED) is 0.921. The van der Waals surface area contributed by atoms with Crippen LogP contribution in [0, 0.1) is 6.92 Å². The average Bonchev–Trinajstić information content (AvgIpc) is 2.41. The number of rotatable bonds is 3. The Hall–Kier alpha value is -0.910. The third kappa shape index (κ3) is 3.16. The van der Waals surface area contributed by atoms with E-state index in [0.29, 0.717) is 13.1 Å². The molecule has 1 atom stereocenters. The molecule has 1 aliphatic rings. The highest BCUT2D eigenvalue weighted by molar-refractivity contribution is 9.10. The maximum absolute atomic E-state index is 12.3. The van der Waals surface area contributed by atoms with Gasteiger partial charge in [0.15, 0.2) is 0 Å². The topological polar surface area (TPSA) is 49.6 Å². The molecule has 0 spiro atoms. The number of hydrogen-bond donors (Lipinski definition) is 1. The number of benzene rings is 1. The number of nitrogens with zero attached hydrogens (tertiary/aromatic N) is 2. The van der Waals surface area contributed by atoms with Gasteiger partial charge in [-0.05, 0) is 37.6 Å². The highest BCUT2D eigenvalue weighted by Gasteiger charge is 2.27. The van der Waals surface area contributed by atoms with E-state index in [-0.39, 0.29) is 11.9 Å². The van der Waals surface area contributed by atoms with Gasteiger partial charge in [0, 0.05) is 35.8 Å². The van der Waals surface area contributed by atoms with Crippen LogP contribution >= 0.6 is 15.9 Å². The predicted molar refractivity (Wildman–Crippen MR) is 81.3 cm³/mol. The van der Waals surface area contributed by atoms with Gasteiger partial charge in [-0.15, -0.1) is 0 Å². The molecule has 0 saturated carbocycles.